The predicted molar refractivity (Wildman–Crippen MR) is 138 cm³/mol. The maximum atomic E-state index is 12.1. The van der Waals surface area contributed by atoms with E-state index in [-0.39, 0.29) is 11.6 Å². The van der Waals surface area contributed by atoms with E-state index < -0.39 is 0 Å². The first-order valence-electron chi connectivity index (χ1n) is 12.2. The molecule has 7 nitrogen and oxygen atoms in total. The first-order chi connectivity index (χ1) is 17.0. The number of hydrogen-bond donors (Lipinski definition) is 1. The number of unbranched alkanes of at least 4 members (excludes halogenated alkanes) is 1. The number of hydrogen-bond acceptors (Lipinski definition) is 6. The molecule has 0 atom stereocenters. The Kier molecular flexibility index (Phi) is 6.59. The number of anilines is 1. The smallest absolute Gasteiger partial charge is 0.338 e. The lowest BCUT2D eigenvalue weighted by molar-refractivity contribution is 0.0601. The van der Waals surface area contributed by atoms with Crippen LogP contribution in [0, 0.1) is 6.92 Å². The summed E-state index contributed by atoms with van der Waals surface area (Å²) in [6.07, 6.45) is 5.29. The summed E-state index contributed by atoms with van der Waals surface area (Å²) in [5.74, 6) is -0.317. The van der Waals surface area contributed by atoms with Crippen molar-refractivity contribution in [3.8, 4) is 0 Å². The summed E-state index contributed by atoms with van der Waals surface area (Å²) in [4.78, 5) is 32.0. The largest absolute Gasteiger partial charge is 0.465 e. The van der Waals surface area contributed by atoms with Crippen molar-refractivity contribution in [2.75, 3.05) is 44.7 Å². The van der Waals surface area contributed by atoms with Crippen molar-refractivity contribution in [1.82, 2.24) is 9.88 Å². The van der Waals surface area contributed by atoms with Crippen LogP contribution in [0.15, 0.2) is 57.9 Å². The molecule has 1 aliphatic rings. The van der Waals surface area contributed by atoms with Gasteiger partial charge in [-0.2, -0.15) is 0 Å². The van der Waals surface area contributed by atoms with E-state index in [1.165, 1.54) is 18.1 Å². The molecule has 5 rings (SSSR count). The molecule has 1 aliphatic heterocycles. The van der Waals surface area contributed by atoms with E-state index in [9.17, 15) is 9.59 Å². The summed E-state index contributed by atoms with van der Waals surface area (Å²) < 4.78 is 10.2. The number of methoxy groups -OCH3 is 1. The number of nitrogens with one attached hydrogen (secondary N) is 1. The second-order valence-electron chi connectivity index (χ2n) is 9.30. The van der Waals surface area contributed by atoms with Gasteiger partial charge in [0.2, 0.25) is 0 Å². The van der Waals surface area contributed by atoms with Crippen LogP contribution in [-0.2, 0) is 11.2 Å². The number of rotatable bonds is 7. The van der Waals surface area contributed by atoms with Gasteiger partial charge in [0.05, 0.1) is 18.4 Å². The zero-order chi connectivity index (χ0) is 24.4. The number of aryl methyl sites for hydroxylation is 2. The van der Waals surface area contributed by atoms with E-state index >= 15 is 0 Å². The molecular formula is C28H31N3O4. The van der Waals surface area contributed by atoms with E-state index in [4.69, 9.17) is 9.15 Å². The molecule has 7 heteroatoms. The number of ether oxygens (including phenoxy) is 1. The lowest BCUT2D eigenvalue weighted by atomic mass is 10.1. The van der Waals surface area contributed by atoms with Gasteiger partial charge in [0, 0.05) is 54.7 Å². The van der Waals surface area contributed by atoms with E-state index in [0.29, 0.717) is 11.1 Å². The number of carbonyl (C=O) groups is 1. The minimum atomic E-state index is -0.317. The molecule has 1 fully saturated rings. The third-order valence-corrected chi connectivity index (χ3v) is 6.95. The first kappa shape index (κ1) is 23.2. The molecule has 0 aliphatic carbocycles. The van der Waals surface area contributed by atoms with Crippen molar-refractivity contribution in [3.63, 3.8) is 0 Å². The normalized spacial score (nSPS) is 14.6. The SMILES string of the molecule is COC(=O)c1ccc2c(CCCCN3CCN(c4cc(=O)oc5cc(C)ccc45)CC3)c[nH]c2c1. The van der Waals surface area contributed by atoms with E-state index in [1.54, 1.807) is 6.07 Å². The van der Waals surface area contributed by atoms with Gasteiger partial charge < -0.3 is 19.0 Å². The molecule has 2 aromatic heterocycles. The molecule has 0 amide bonds. The number of aromatic nitrogens is 1. The highest BCUT2D eigenvalue weighted by Crippen LogP contribution is 2.27. The van der Waals surface area contributed by atoms with Gasteiger partial charge in [-0.1, -0.05) is 12.1 Å². The van der Waals surface area contributed by atoms with Crippen LogP contribution in [0.1, 0.15) is 34.3 Å². The van der Waals surface area contributed by atoms with Crippen LogP contribution in [0.25, 0.3) is 21.9 Å². The number of nitrogens with zero attached hydrogens (tertiary/aromatic N) is 2. The fraction of sp³-hybridized carbons (Fsp3) is 0.357. The Balaban J connectivity index is 1.13. The summed E-state index contributed by atoms with van der Waals surface area (Å²) in [7, 11) is 1.40. The van der Waals surface area contributed by atoms with Crippen LogP contribution < -0.4 is 10.5 Å². The van der Waals surface area contributed by atoms with Gasteiger partial charge in [-0.05, 0) is 68.1 Å². The fourth-order valence-corrected chi connectivity index (χ4v) is 5.02. The second kappa shape index (κ2) is 9.96. The minimum Gasteiger partial charge on any atom is -0.465 e. The standard InChI is InChI=1S/C28H31N3O4/c1-19-6-8-23-25(17-27(32)35-26(23)15-19)31-13-11-30(12-14-31)10-4-3-5-21-18-29-24-16-20(28(33)34-2)7-9-22(21)24/h6-9,15-18,29H,3-5,10-14H2,1-2H3. The lowest BCUT2D eigenvalue weighted by Gasteiger charge is -2.36. The molecule has 0 unspecified atom stereocenters. The molecule has 0 saturated carbocycles. The molecule has 35 heavy (non-hydrogen) atoms. The van der Waals surface area contributed by atoms with Gasteiger partial charge in [0.1, 0.15) is 5.58 Å². The minimum absolute atomic E-state index is 0.292. The summed E-state index contributed by atoms with van der Waals surface area (Å²) in [5.41, 5.74) is 5.25. The topological polar surface area (TPSA) is 78.8 Å². The molecule has 1 N–H and O–H groups in total. The molecule has 1 saturated heterocycles. The average molecular weight is 474 g/mol. The maximum Gasteiger partial charge on any atom is 0.338 e. The zero-order valence-electron chi connectivity index (χ0n) is 20.3. The molecule has 0 radical (unpaired) electrons. The van der Waals surface area contributed by atoms with Crippen LogP contribution in [0.5, 0.6) is 0 Å². The molecular weight excluding hydrogens is 442 g/mol. The van der Waals surface area contributed by atoms with Crippen molar-refractivity contribution < 1.29 is 13.9 Å². The lowest BCUT2D eigenvalue weighted by Crippen LogP contribution is -2.46. The van der Waals surface area contributed by atoms with Crippen molar-refractivity contribution in [2.45, 2.75) is 26.2 Å². The maximum absolute atomic E-state index is 12.1. The first-order valence-corrected chi connectivity index (χ1v) is 12.2. The Morgan fingerprint density at radius 1 is 1.03 bits per heavy atom. The van der Waals surface area contributed by atoms with Gasteiger partial charge in [-0.15, -0.1) is 0 Å². The Morgan fingerprint density at radius 3 is 2.63 bits per heavy atom. The second-order valence-corrected chi connectivity index (χ2v) is 9.30. The van der Waals surface area contributed by atoms with E-state index in [2.05, 4.69) is 26.9 Å². The molecule has 0 bridgehead atoms. The van der Waals surface area contributed by atoms with Crippen molar-refractivity contribution >= 4 is 33.5 Å². The number of piperazine rings is 1. The number of H-pyrrole nitrogens is 1. The monoisotopic (exact) mass is 473 g/mol. The highest BCUT2D eigenvalue weighted by molar-refractivity contribution is 5.95. The predicted octanol–water partition coefficient (Wildman–Crippen LogP) is 4.51. The Hall–Kier alpha value is -3.58. The van der Waals surface area contributed by atoms with Crippen LogP contribution in [0.4, 0.5) is 5.69 Å². The third-order valence-electron chi connectivity index (χ3n) is 6.95. The van der Waals surface area contributed by atoms with Crippen LogP contribution in [0.2, 0.25) is 0 Å². The number of esters is 1. The van der Waals surface area contributed by atoms with Crippen molar-refractivity contribution in [1.29, 1.82) is 0 Å². The zero-order valence-corrected chi connectivity index (χ0v) is 20.3. The highest BCUT2D eigenvalue weighted by Gasteiger charge is 2.20. The Labute approximate surface area is 204 Å². The molecule has 182 valence electrons. The van der Waals surface area contributed by atoms with Crippen LogP contribution in [0.3, 0.4) is 0 Å². The van der Waals surface area contributed by atoms with Crippen LogP contribution >= 0.6 is 0 Å². The quantitative estimate of drug-likeness (QED) is 0.242. The van der Waals surface area contributed by atoms with E-state index in [0.717, 1.165) is 74.1 Å². The molecule has 2 aromatic carbocycles. The molecule has 4 aromatic rings. The fourth-order valence-electron chi connectivity index (χ4n) is 5.02. The Morgan fingerprint density at radius 2 is 1.83 bits per heavy atom. The van der Waals surface area contributed by atoms with Gasteiger partial charge in [-0.25, -0.2) is 9.59 Å². The van der Waals surface area contributed by atoms with Gasteiger partial charge in [-0.3, -0.25) is 4.90 Å². The summed E-state index contributed by atoms with van der Waals surface area (Å²) in [5, 5.41) is 2.17. The number of aromatic amines is 1. The number of fused-ring (bicyclic) bond motifs is 2. The van der Waals surface area contributed by atoms with Gasteiger partial charge in [0.15, 0.2) is 0 Å². The van der Waals surface area contributed by atoms with Crippen molar-refractivity contribution in [3.05, 3.63) is 75.8 Å². The van der Waals surface area contributed by atoms with Gasteiger partial charge in [0.25, 0.3) is 0 Å². The van der Waals surface area contributed by atoms with Crippen LogP contribution in [-0.4, -0.2) is 55.7 Å². The highest BCUT2D eigenvalue weighted by atomic mass is 16.5. The third kappa shape index (κ3) is 4.95. The van der Waals surface area contributed by atoms with Crippen molar-refractivity contribution in [2.24, 2.45) is 0 Å². The average Bonchev–Trinajstić information content (AvgIpc) is 3.28. The summed E-state index contributed by atoms with van der Waals surface area (Å²) >= 11 is 0. The van der Waals surface area contributed by atoms with E-state index in [1.807, 2.05) is 37.4 Å². The number of carbonyl (C=O) groups excluding carboxylic acids is 1. The molecule has 0 spiro atoms. The van der Waals surface area contributed by atoms with Gasteiger partial charge >= 0.3 is 11.6 Å². The summed E-state index contributed by atoms with van der Waals surface area (Å²) in [6.45, 7) is 6.84. The summed E-state index contributed by atoms with van der Waals surface area (Å²) in [6, 6.07) is 13.4. The Bertz CT molecular complexity index is 1410. The molecule has 3 heterocycles. The number of benzene rings is 2.